The van der Waals surface area contributed by atoms with Gasteiger partial charge in [-0.15, -0.1) is 11.3 Å². The number of hydrogen-bond acceptors (Lipinski definition) is 7. The van der Waals surface area contributed by atoms with Gasteiger partial charge in [0.05, 0.1) is 0 Å². The zero-order valence-corrected chi connectivity index (χ0v) is 16.0. The maximum atomic E-state index is 6.14. The van der Waals surface area contributed by atoms with Gasteiger partial charge < -0.3 is 20.1 Å². The lowest BCUT2D eigenvalue weighted by atomic mass is 10.2. The van der Waals surface area contributed by atoms with Crippen molar-refractivity contribution in [3.63, 3.8) is 0 Å². The highest BCUT2D eigenvalue weighted by molar-refractivity contribution is 7.13. The molecule has 0 spiro atoms. The second-order valence-corrected chi connectivity index (χ2v) is 7.29. The van der Waals surface area contributed by atoms with Crippen LogP contribution in [0.25, 0.3) is 11.4 Å². The lowest BCUT2D eigenvalue weighted by Gasteiger charge is -2.35. The molecule has 0 atom stereocenters. The van der Waals surface area contributed by atoms with Gasteiger partial charge in [0.15, 0.2) is 11.1 Å². The van der Waals surface area contributed by atoms with Gasteiger partial charge in [0.25, 0.3) is 0 Å². The minimum Gasteiger partial charge on any atom is -0.370 e. The molecule has 27 heavy (non-hydrogen) atoms. The van der Waals surface area contributed by atoms with Crippen molar-refractivity contribution in [2.24, 2.45) is 10.7 Å². The van der Waals surface area contributed by atoms with Crippen LogP contribution < -0.4 is 10.6 Å². The average Bonchev–Trinajstić information content (AvgIpc) is 3.38. The molecule has 1 saturated heterocycles. The minimum absolute atomic E-state index is 0.242. The summed E-state index contributed by atoms with van der Waals surface area (Å²) in [5, 5.41) is 7.63. The van der Waals surface area contributed by atoms with Crippen LogP contribution in [0.15, 0.2) is 45.4 Å². The second kappa shape index (κ2) is 7.93. The minimum atomic E-state index is 0.242. The maximum Gasteiger partial charge on any atom is 0.248 e. The number of benzene rings is 1. The van der Waals surface area contributed by atoms with Gasteiger partial charge in [-0.2, -0.15) is 4.98 Å². The number of hydrogen-bond donors (Lipinski definition) is 1. The fraction of sp³-hybridized carbons (Fsp3) is 0.294. The molecule has 10 heteroatoms. The number of aliphatic imine (C=N–C) groups is 1. The summed E-state index contributed by atoms with van der Waals surface area (Å²) in [6.07, 6.45) is 1.82. The van der Waals surface area contributed by atoms with Gasteiger partial charge in [-0.3, -0.25) is 0 Å². The Morgan fingerprint density at radius 2 is 2.15 bits per heavy atom. The molecule has 1 aromatic carbocycles. The second-order valence-electron chi connectivity index (χ2n) is 5.99. The van der Waals surface area contributed by atoms with Crippen LogP contribution in [0, 0.1) is 0 Å². The average molecular weight is 404 g/mol. The third-order valence-electron chi connectivity index (χ3n) is 4.22. The van der Waals surface area contributed by atoms with Gasteiger partial charge in [0.2, 0.25) is 11.7 Å². The fourth-order valence-corrected chi connectivity index (χ4v) is 3.70. The van der Waals surface area contributed by atoms with Crippen molar-refractivity contribution in [3.8, 4) is 11.4 Å². The van der Waals surface area contributed by atoms with Crippen LogP contribution >= 0.6 is 22.9 Å². The molecule has 0 radical (unpaired) electrons. The van der Waals surface area contributed by atoms with Crippen molar-refractivity contribution in [2.45, 2.75) is 6.54 Å². The van der Waals surface area contributed by atoms with Crippen molar-refractivity contribution in [2.75, 3.05) is 31.1 Å². The SMILES string of the molecule is NC(=NCc1nc(-c2cccc(Cl)c2)no1)N1CCN(c2nccs2)CC1. The Balaban J connectivity index is 1.35. The number of anilines is 1. The first-order valence-electron chi connectivity index (χ1n) is 8.47. The third-order valence-corrected chi connectivity index (χ3v) is 5.29. The van der Waals surface area contributed by atoms with Crippen LogP contribution in [0.1, 0.15) is 5.89 Å². The number of halogens is 1. The van der Waals surface area contributed by atoms with Gasteiger partial charge in [-0.1, -0.05) is 28.9 Å². The Bertz CT molecular complexity index is 919. The number of nitrogens with two attached hydrogens (primary N) is 1. The summed E-state index contributed by atoms with van der Waals surface area (Å²) in [5.41, 5.74) is 6.93. The number of rotatable bonds is 4. The zero-order chi connectivity index (χ0) is 18.6. The van der Waals surface area contributed by atoms with Gasteiger partial charge in [0, 0.05) is 48.3 Å². The van der Waals surface area contributed by atoms with E-state index in [2.05, 4.69) is 29.9 Å². The molecular formula is C17H18ClN7OS. The van der Waals surface area contributed by atoms with E-state index in [1.54, 1.807) is 23.5 Å². The van der Waals surface area contributed by atoms with Crippen molar-refractivity contribution < 1.29 is 4.52 Å². The van der Waals surface area contributed by atoms with E-state index in [-0.39, 0.29) is 6.54 Å². The molecule has 0 aliphatic carbocycles. The molecule has 2 aromatic heterocycles. The van der Waals surface area contributed by atoms with E-state index in [1.807, 2.05) is 23.7 Å². The van der Waals surface area contributed by atoms with E-state index in [0.717, 1.165) is 36.9 Å². The molecule has 1 fully saturated rings. The summed E-state index contributed by atoms with van der Waals surface area (Å²) in [5.74, 6) is 1.38. The molecular weight excluding hydrogens is 386 g/mol. The predicted molar refractivity (Wildman–Crippen MR) is 106 cm³/mol. The largest absolute Gasteiger partial charge is 0.370 e. The fourth-order valence-electron chi connectivity index (χ4n) is 2.81. The Labute approximate surface area is 165 Å². The van der Waals surface area contributed by atoms with Gasteiger partial charge in [-0.25, -0.2) is 9.98 Å². The topological polar surface area (TPSA) is 96.7 Å². The van der Waals surface area contributed by atoms with Crippen LogP contribution in [0.2, 0.25) is 5.02 Å². The molecule has 3 aromatic rings. The standard InChI is InChI=1S/C17H18ClN7OS/c18-13-3-1-2-12(10-13)15-22-14(26-23-15)11-21-16(19)24-5-7-25(8-6-24)17-20-4-9-27-17/h1-4,9-10H,5-8,11H2,(H2,19,21). The highest BCUT2D eigenvalue weighted by Gasteiger charge is 2.20. The van der Waals surface area contributed by atoms with Crippen LogP contribution in [0.3, 0.4) is 0 Å². The number of nitrogens with zero attached hydrogens (tertiary/aromatic N) is 6. The van der Waals surface area contributed by atoms with Gasteiger partial charge in [0.1, 0.15) is 6.54 Å². The summed E-state index contributed by atoms with van der Waals surface area (Å²) < 4.78 is 5.26. The summed E-state index contributed by atoms with van der Waals surface area (Å²) in [6.45, 7) is 3.57. The normalized spacial score (nSPS) is 15.4. The Morgan fingerprint density at radius 3 is 2.89 bits per heavy atom. The molecule has 0 saturated carbocycles. The molecule has 4 rings (SSSR count). The molecule has 2 N–H and O–H groups in total. The number of thiazole rings is 1. The van der Waals surface area contributed by atoms with E-state index in [1.165, 1.54) is 0 Å². The molecule has 0 amide bonds. The molecule has 140 valence electrons. The summed E-state index contributed by atoms with van der Waals surface area (Å²) in [6, 6.07) is 7.30. The van der Waals surface area contributed by atoms with Gasteiger partial charge in [-0.05, 0) is 12.1 Å². The monoisotopic (exact) mass is 403 g/mol. The molecule has 0 bridgehead atoms. The van der Waals surface area contributed by atoms with E-state index in [4.69, 9.17) is 21.9 Å². The molecule has 8 nitrogen and oxygen atoms in total. The number of guanidine groups is 1. The van der Waals surface area contributed by atoms with Crippen molar-refractivity contribution in [3.05, 3.63) is 46.8 Å². The Morgan fingerprint density at radius 1 is 1.30 bits per heavy atom. The molecule has 3 heterocycles. The van der Waals surface area contributed by atoms with E-state index in [0.29, 0.717) is 22.7 Å². The molecule has 1 aliphatic heterocycles. The first kappa shape index (κ1) is 17.7. The van der Waals surface area contributed by atoms with Crippen LogP contribution in [0.4, 0.5) is 5.13 Å². The van der Waals surface area contributed by atoms with Crippen LogP contribution in [-0.4, -0.2) is 52.2 Å². The van der Waals surface area contributed by atoms with Crippen molar-refractivity contribution in [1.82, 2.24) is 20.0 Å². The zero-order valence-electron chi connectivity index (χ0n) is 14.5. The summed E-state index contributed by atoms with van der Waals surface area (Å²) >= 11 is 7.64. The van der Waals surface area contributed by atoms with Crippen LogP contribution in [0.5, 0.6) is 0 Å². The van der Waals surface area contributed by atoms with Gasteiger partial charge >= 0.3 is 0 Å². The third kappa shape index (κ3) is 4.20. The number of piperazine rings is 1. The summed E-state index contributed by atoms with van der Waals surface area (Å²) in [4.78, 5) is 17.4. The first-order chi connectivity index (χ1) is 13.2. The highest BCUT2D eigenvalue weighted by Crippen LogP contribution is 2.20. The van der Waals surface area contributed by atoms with E-state index < -0.39 is 0 Å². The highest BCUT2D eigenvalue weighted by atomic mass is 35.5. The maximum absolute atomic E-state index is 6.14. The summed E-state index contributed by atoms with van der Waals surface area (Å²) in [7, 11) is 0. The molecule has 1 aliphatic rings. The van der Waals surface area contributed by atoms with Crippen molar-refractivity contribution >= 4 is 34.0 Å². The Kier molecular flexibility index (Phi) is 5.21. The first-order valence-corrected chi connectivity index (χ1v) is 9.72. The predicted octanol–water partition coefficient (Wildman–Crippen LogP) is 2.48. The van der Waals surface area contributed by atoms with Crippen molar-refractivity contribution in [1.29, 1.82) is 0 Å². The van der Waals surface area contributed by atoms with Crippen LogP contribution in [-0.2, 0) is 6.54 Å². The lowest BCUT2D eigenvalue weighted by molar-refractivity contribution is 0.370. The lowest BCUT2D eigenvalue weighted by Crippen LogP contribution is -2.51. The van der Waals surface area contributed by atoms with E-state index >= 15 is 0 Å². The van der Waals surface area contributed by atoms with E-state index in [9.17, 15) is 0 Å². The Hall–Kier alpha value is -2.65. The smallest absolute Gasteiger partial charge is 0.248 e. The molecule has 0 unspecified atom stereocenters. The quantitative estimate of drug-likeness (QED) is 0.528. The number of aromatic nitrogens is 3.